The van der Waals surface area contributed by atoms with Gasteiger partial charge in [0.2, 0.25) is 5.91 Å². The van der Waals surface area contributed by atoms with E-state index in [1.54, 1.807) is 16.8 Å². The first-order chi connectivity index (χ1) is 11.6. The summed E-state index contributed by atoms with van der Waals surface area (Å²) in [6, 6.07) is 0. The van der Waals surface area contributed by atoms with Gasteiger partial charge in [0, 0.05) is 55.6 Å². The summed E-state index contributed by atoms with van der Waals surface area (Å²) in [7, 11) is 0. The maximum absolute atomic E-state index is 12.7. The van der Waals surface area contributed by atoms with E-state index >= 15 is 0 Å². The molecular weight excluding hydrogens is 326 g/mol. The van der Waals surface area contributed by atoms with Gasteiger partial charge in [-0.25, -0.2) is 0 Å². The Hall–Kier alpha value is -1.47. The van der Waals surface area contributed by atoms with Crippen LogP contribution in [0, 0.1) is 17.3 Å². The molecule has 1 aromatic rings. The number of carboxylic acids is 1. The fourth-order valence-corrected chi connectivity index (χ4v) is 5.37. The number of nitrogens with zero attached hydrogens (tertiary/aromatic N) is 3. The van der Waals surface area contributed by atoms with Crippen molar-refractivity contribution in [3.05, 3.63) is 16.6 Å². The van der Waals surface area contributed by atoms with E-state index in [1.165, 1.54) is 0 Å². The van der Waals surface area contributed by atoms with Crippen LogP contribution in [0.3, 0.4) is 0 Å². The average molecular weight is 349 g/mol. The van der Waals surface area contributed by atoms with Crippen molar-refractivity contribution in [1.29, 1.82) is 0 Å². The molecule has 3 fully saturated rings. The molecule has 6 nitrogen and oxygen atoms in total. The highest BCUT2D eigenvalue weighted by Crippen LogP contribution is 2.44. The third kappa shape index (κ3) is 2.63. The molecule has 1 aromatic heterocycles. The van der Waals surface area contributed by atoms with Crippen LogP contribution in [-0.4, -0.2) is 57.9 Å². The maximum Gasteiger partial charge on any atom is 0.313 e. The van der Waals surface area contributed by atoms with Gasteiger partial charge in [-0.15, -0.1) is 11.3 Å². The standard InChI is InChI=1S/C17H23N3O3S/c21-15(12-3-1-2-4-12)20-7-13-6-19(8-14-5-18-11-24-14)9-17(13,10-20)16(22)23/h5,11-13H,1-4,6-10H2,(H,22,23)/t13-,17-/m1/s1. The van der Waals surface area contributed by atoms with E-state index in [2.05, 4.69) is 9.88 Å². The number of fused-ring (bicyclic) bond motifs is 1. The summed E-state index contributed by atoms with van der Waals surface area (Å²) in [5.74, 6) is -0.395. The van der Waals surface area contributed by atoms with E-state index in [0.717, 1.165) is 43.6 Å². The minimum absolute atomic E-state index is 0.0354. The van der Waals surface area contributed by atoms with E-state index in [-0.39, 0.29) is 17.7 Å². The molecule has 0 spiro atoms. The van der Waals surface area contributed by atoms with Gasteiger partial charge in [0.15, 0.2) is 0 Å². The molecule has 0 aromatic carbocycles. The first kappa shape index (κ1) is 16.0. The summed E-state index contributed by atoms with van der Waals surface area (Å²) < 4.78 is 0. The summed E-state index contributed by atoms with van der Waals surface area (Å²) in [6.45, 7) is 3.01. The molecule has 1 aliphatic carbocycles. The zero-order chi connectivity index (χ0) is 16.7. The van der Waals surface area contributed by atoms with Crippen LogP contribution in [0.1, 0.15) is 30.6 Å². The van der Waals surface area contributed by atoms with E-state index < -0.39 is 11.4 Å². The molecule has 2 saturated heterocycles. The Balaban J connectivity index is 1.47. The molecule has 7 heteroatoms. The quantitative estimate of drug-likeness (QED) is 0.895. The molecule has 2 aliphatic heterocycles. The first-order valence-electron chi connectivity index (χ1n) is 8.70. The lowest BCUT2D eigenvalue weighted by molar-refractivity contribution is -0.149. The lowest BCUT2D eigenvalue weighted by atomic mass is 9.81. The number of rotatable bonds is 4. The molecular formula is C17H23N3O3S. The van der Waals surface area contributed by atoms with E-state index in [9.17, 15) is 14.7 Å². The Labute approximate surface area is 145 Å². The minimum Gasteiger partial charge on any atom is -0.481 e. The SMILES string of the molecule is O=C(C1CCCC1)N1C[C@H]2CN(Cc3cncs3)C[C@@]2(C(=O)O)C1. The molecule has 24 heavy (non-hydrogen) atoms. The Morgan fingerprint density at radius 1 is 1.29 bits per heavy atom. The van der Waals surface area contributed by atoms with Gasteiger partial charge in [-0.3, -0.25) is 19.5 Å². The van der Waals surface area contributed by atoms with Crippen molar-refractivity contribution < 1.29 is 14.7 Å². The summed E-state index contributed by atoms with van der Waals surface area (Å²) in [6.07, 6.45) is 6.04. The highest BCUT2D eigenvalue weighted by molar-refractivity contribution is 7.09. The Morgan fingerprint density at radius 2 is 2.08 bits per heavy atom. The van der Waals surface area contributed by atoms with Crippen LogP contribution < -0.4 is 0 Å². The summed E-state index contributed by atoms with van der Waals surface area (Å²) in [5, 5.41) is 9.91. The van der Waals surface area contributed by atoms with Gasteiger partial charge in [-0.1, -0.05) is 12.8 Å². The van der Waals surface area contributed by atoms with Crippen molar-refractivity contribution in [2.45, 2.75) is 32.2 Å². The molecule has 1 amide bonds. The molecule has 0 bridgehead atoms. The van der Waals surface area contributed by atoms with Gasteiger partial charge < -0.3 is 10.0 Å². The van der Waals surface area contributed by atoms with Crippen molar-refractivity contribution in [3.8, 4) is 0 Å². The van der Waals surface area contributed by atoms with Crippen LogP contribution in [0.4, 0.5) is 0 Å². The molecule has 2 atom stereocenters. The number of likely N-dealkylation sites (tertiary alicyclic amines) is 2. The highest BCUT2D eigenvalue weighted by Gasteiger charge is 2.58. The van der Waals surface area contributed by atoms with Crippen molar-refractivity contribution in [2.75, 3.05) is 26.2 Å². The second-order valence-electron chi connectivity index (χ2n) is 7.50. The second kappa shape index (κ2) is 6.11. The van der Waals surface area contributed by atoms with Gasteiger partial charge in [0.05, 0.1) is 5.51 Å². The predicted molar refractivity (Wildman–Crippen MR) is 89.5 cm³/mol. The van der Waals surface area contributed by atoms with Crippen molar-refractivity contribution in [2.24, 2.45) is 17.3 Å². The predicted octanol–water partition coefficient (Wildman–Crippen LogP) is 1.68. The number of hydrogen-bond donors (Lipinski definition) is 1. The number of carbonyl (C=O) groups excluding carboxylic acids is 1. The van der Waals surface area contributed by atoms with Crippen LogP contribution >= 0.6 is 11.3 Å². The van der Waals surface area contributed by atoms with Gasteiger partial charge >= 0.3 is 5.97 Å². The van der Waals surface area contributed by atoms with Gasteiger partial charge in [-0.05, 0) is 12.8 Å². The van der Waals surface area contributed by atoms with Crippen LogP contribution in [0.15, 0.2) is 11.7 Å². The summed E-state index contributed by atoms with van der Waals surface area (Å²) in [5.41, 5.74) is 1.01. The zero-order valence-electron chi connectivity index (χ0n) is 13.7. The minimum atomic E-state index is -0.793. The average Bonchev–Trinajstić information content (AvgIpc) is 3.30. The third-order valence-corrected chi connectivity index (χ3v) is 6.75. The maximum atomic E-state index is 12.7. The van der Waals surface area contributed by atoms with E-state index in [4.69, 9.17) is 0 Å². The monoisotopic (exact) mass is 349 g/mol. The zero-order valence-corrected chi connectivity index (χ0v) is 14.5. The highest BCUT2D eigenvalue weighted by atomic mass is 32.1. The van der Waals surface area contributed by atoms with Crippen molar-refractivity contribution in [1.82, 2.24) is 14.8 Å². The second-order valence-corrected chi connectivity index (χ2v) is 8.47. The number of aromatic nitrogens is 1. The van der Waals surface area contributed by atoms with Crippen molar-refractivity contribution in [3.63, 3.8) is 0 Å². The molecule has 4 rings (SSSR count). The lowest BCUT2D eigenvalue weighted by Crippen LogP contribution is -2.42. The molecule has 3 heterocycles. The molecule has 1 saturated carbocycles. The van der Waals surface area contributed by atoms with Gasteiger partial charge in [0.25, 0.3) is 0 Å². The number of aliphatic carboxylic acids is 1. The Morgan fingerprint density at radius 3 is 2.71 bits per heavy atom. The van der Waals surface area contributed by atoms with Gasteiger partial charge in [0.1, 0.15) is 5.41 Å². The molecule has 130 valence electrons. The fraction of sp³-hybridized carbons (Fsp3) is 0.706. The molecule has 3 aliphatic rings. The first-order valence-corrected chi connectivity index (χ1v) is 9.58. The molecule has 1 N–H and O–H groups in total. The van der Waals surface area contributed by atoms with Crippen LogP contribution in [0.2, 0.25) is 0 Å². The van der Waals surface area contributed by atoms with Crippen molar-refractivity contribution >= 4 is 23.2 Å². The molecule has 0 unspecified atom stereocenters. The van der Waals surface area contributed by atoms with Crippen LogP contribution in [-0.2, 0) is 16.1 Å². The number of hydrogen-bond acceptors (Lipinski definition) is 5. The van der Waals surface area contributed by atoms with E-state index in [0.29, 0.717) is 19.6 Å². The number of carboxylic acid groups (broad SMARTS) is 1. The topological polar surface area (TPSA) is 73.7 Å². The number of amides is 1. The third-order valence-electron chi connectivity index (χ3n) is 5.98. The lowest BCUT2D eigenvalue weighted by Gasteiger charge is -2.26. The normalized spacial score (nSPS) is 30.8. The molecule has 0 radical (unpaired) electrons. The fourth-order valence-electron chi connectivity index (χ4n) is 4.73. The Bertz CT molecular complexity index is 629. The largest absolute Gasteiger partial charge is 0.481 e. The smallest absolute Gasteiger partial charge is 0.313 e. The van der Waals surface area contributed by atoms with Gasteiger partial charge in [-0.2, -0.15) is 0 Å². The number of thiazole rings is 1. The Kier molecular flexibility index (Phi) is 4.08. The van der Waals surface area contributed by atoms with E-state index in [1.807, 2.05) is 11.1 Å². The van der Waals surface area contributed by atoms with Crippen LogP contribution in [0.25, 0.3) is 0 Å². The summed E-state index contributed by atoms with van der Waals surface area (Å²) in [4.78, 5) is 34.1. The van der Waals surface area contributed by atoms with Crippen LogP contribution in [0.5, 0.6) is 0 Å². The summed E-state index contributed by atoms with van der Waals surface area (Å²) >= 11 is 1.60. The number of carbonyl (C=O) groups is 2.